The first kappa shape index (κ1) is 14.4. The summed E-state index contributed by atoms with van der Waals surface area (Å²) in [5.74, 6) is -0.762. The lowest BCUT2D eigenvalue weighted by Gasteiger charge is -2.32. The maximum absolute atomic E-state index is 11.1. The van der Waals surface area contributed by atoms with Crippen LogP contribution >= 0.6 is 0 Å². The summed E-state index contributed by atoms with van der Waals surface area (Å²) in [5.41, 5.74) is -1.54. The van der Waals surface area contributed by atoms with Gasteiger partial charge in [0.2, 0.25) is 0 Å². The van der Waals surface area contributed by atoms with Gasteiger partial charge in [-0.25, -0.2) is 4.79 Å². The monoisotopic (exact) mass is 216 g/mol. The molecule has 0 fully saturated rings. The molecule has 0 rings (SSSR count). The fraction of sp³-hybridized carbons (Fsp3) is 0.917. The van der Waals surface area contributed by atoms with Crippen molar-refractivity contribution in [1.29, 1.82) is 0 Å². The number of rotatable bonds is 7. The van der Waals surface area contributed by atoms with E-state index >= 15 is 0 Å². The zero-order valence-corrected chi connectivity index (χ0v) is 10.3. The third-order valence-electron chi connectivity index (χ3n) is 3.46. The standard InChI is InChI=1S/C12H24O3/c1-5-9(4)8-10(6-2)12(15,7-3)11(13)14/h9-10,15H,5-8H2,1-4H3,(H,13,14). The minimum atomic E-state index is -1.54. The molecule has 0 aliphatic heterocycles. The van der Waals surface area contributed by atoms with Crippen molar-refractivity contribution in [3.63, 3.8) is 0 Å². The summed E-state index contributed by atoms with van der Waals surface area (Å²) < 4.78 is 0. The SMILES string of the molecule is CCC(C)CC(CC)C(O)(CC)C(=O)O. The van der Waals surface area contributed by atoms with Crippen LogP contribution in [0.15, 0.2) is 0 Å². The van der Waals surface area contributed by atoms with Crippen LogP contribution in [-0.4, -0.2) is 21.8 Å². The Morgan fingerprint density at radius 3 is 2.07 bits per heavy atom. The molecule has 0 amide bonds. The Balaban J connectivity index is 4.68. The van der Waals surface area contributed by atoms with Crippen LogP contribution in [0.5, 0.6) is 0 Å². The molecule has 0 aliphatic rings. The van der Waals surface area contributed by atoms with Crippen molar-refractivity contribution in [3.8, 4) is 0 Å². The molecule has 0 radical (unpaired) electrons. The van der Waals surface area contributed by atoms with Crippen LogP contribution in [0.3, 0.4) is 0 Å². The molecule has 3 heteroatoms. The lowest BCUT2D eigenvalue weighted by atomic mass is 9.77. The van der Waals surface area contributed by atoms with Crippen molar-refractivity contribution in [2.24, 2.45) is 11.8 Å². The van der Waals surface area contributed by atoms with E-state index in [4.69, 9.17) is 5.11 Å². The number of aliphatic hydroxyl groups is 1. The van der Waals surface area contributed by atoms with Gasteiger partial charge in [-0.15, -0.1) is 0 Å². The highest BCUT2D eigenvalue weighted by atomic mass is 16.4. The van der Waals surface area contributed by atoms with Gasteiger partial charge in [-0.3, -0.25) is 0 Å². The predicted molar refractivity (Wildman–Crippen MR) is 60.7 cm³/mol. The van der Waals surface area contributed by atoms with E-state index in [1.807, 2.05) is 6.92 Å². The number of carboxylic acid groups (broad SMARTS) is 1. The Bertz CT molecular complexity index is 203. The molecule has 2 N–H and O–H groups in total. The second-order valence-electron chi connectivity index (χ2n) is 4.44. The Labute approximate surface area is 92.5 Å². The molecule has 0 aromatic heterocycles. The van der Waals surface area contributed by atoms with Crippen LogP contribution in [0.1, 0.15) is 53.4 Å². The number of hydrogen-bond acceptors (Lipinski definition) is 2. The van der Waals surface area contributed by atoms with E-state index in [2.05, 4.69) is 13.8 Å². The largest absolute Gasteiger partial charge is 0.479 e. The Morgan fingerprint density at radius 2 is 1.80 bits per heavy atom. The quantitative estimate of drug-likeness (QED) is 0.688. The molecule has 15 heavy (non-hydrogen) atoms. The minimum absolute atomic E-state index is 0.144. The third-order valence-corrected chi connectivity index (χ3v) is 3.46. The van der Waals surface area contributed by atoms with Gasteiger partial charge in [0.15, 0.2) is 5.60 Å². The van der Waals surface area contributed by atoms with Gasteiger partial charge in [0.1, 0.15) is 0 Å². The topological polar surface area (TPSA) is 57.5 Å². The Kier molecular flexibility index (Phi) is 5.88. The summed E-state index contributed by atoms with van der Waals surface area (Å²) in [4.78, 5) is 11.1. The van der Waals surface area contributed by atoms with Crippen molar-refractivity contribution in [1.82, 2.24) is 0 Å². The highest BCUT2D eigenvalue weighted by molar-refractivity contribution is 5.77. The number of aliphatic carboxylic acids is 1. The first-order valence-electron chi connectivity index (χ1n) is 5.88. The summed E-state index contributed by atoms with van der Waals surface area (Å²) in [7, 11) is 0. The van der Waals surface area contributed by atoms with Crippen molar-refractivity contribution >= 4 is 5.97 Å². The zero-order valence-electron chi connectivity index (χ0n) is 10.3. The summed E-state index contributed by atoms with van der Waals surface area (Å²) in [6, 6.07) is 0. The van der Waals surface area contributed by atoms with E-state index in [1.54, 1.807) is 6.92 Å². The first-order valence-corrected chi connectivity index (χ1v) is 5.88. The van der Waals surface area contributed by atoms with Crippen molar-refractivity contribution in [3.05, 3.63) is 0 Å². The fourth-order valence-corrected chi connectivity index (χ4v) is 1.97. The van der Waals surface area contributed by atoms with Crippen LogP contribution in [0.25, 0.3) is 0 Å². The van der Waals surface area contributed by atoms with Crippen LogP contribution in [-0.2, 0) is 4.79 Å². The number of carbonyl (C=O) groups is 1. The van der Waals surface area contributed by atoms with Gasteiger partial charge in [0.25, 0.3) is 0 Å². The minimum Gasteiger partial charge on any atom is -0.479 e. The first-order chi connectivity index (χ1) is 6.92. The number of carboxylic acids is 1. The highest BCUT2D eigenvalue weighted by Crippen LogP contribution is 2.31. The molecule has 3 nitrogen and oxygen atoms in total. The van der Waals surface area contributed by atoms with Gasteiger partial charge in [-0.05, 0) is 31.1 Å². The summed E-state index contributed by atoms with van der Waals surface area (Å²) in [5, 5.41) is 19.2. The van der Waals surface area contributed by atoms with Crippen molar-refractivity contribution in [2.45, 2.75) is 59.0 Å². The molecular formula is C12H24O3. The van der Waals surface area contributed by atoms with Gasteiger partial charge in [-0.1, -0.05) is 34.1 Å². The predicted octanol–water partition coefficient (Wildman–Crippen LogP) is 2.67. The lowest BCUT2D eigenvalue weighted by molar-refractivity contribution is -0.166. The maximum Gasteiger partial charge on any atom is 0.335 e. The number of hydrogen-bond donors (Lipinski definition) is 2. The molecule has 0 spiro atoms. The van der Waals surface area contributed by atoms with E-state index in [9.17, 15) is 9.90 Å². The van der Waals surface area contributed by atoms with Crippen LogP contribution < -0.4 is 0 Å². The second kappa shape index (κ2) is 6.11. The Hall–Kier alpha value is -0.570. The van der Waals surface area contributed by atoms with E-state index in [1.165, 1.54) is 0 Å². The van der Waals surface area contributed by atoms with Crippen LogP contribution in [0.4, 0.5) is 0 Å². The Morgan fingerprint density at radius 1 is 1.27 bits per heavy atom. The van der Waals surface area contributed by atoms with E-state index < -0.39 is 11.6 Å². The maximum atomic E-state index is 11.1. The van der Waals surface area contributed by atoms with Crippen molar-refractivity contribution < 1.29 is 15.0 Å². The molecule has 0 aromatic rings. The molecule has 0 heterocycles. The lowest BCUT2D eigenvalue weighted by Crippen LogP contribution is -2.45. The van der Waals surface area contributed by atoms with Gasteiger partial charge in [-0.2, -0.15) is 0 Å². The normalized spacial score (nSPS) is 19.3. The zero-order chi connectivity index (χ0) is 12.1. The summed E-state index contributed by atoms with van der Waals surface area (Å²) >= 11 is 0. The van der Waals surface area contributed by atoms with Gasteiger partial charge in [0, 0.05) is 0 Å². The van der Waals surface area contributed by atoms with E-state index in [0.29, 0.717) is 12.3 Å². The van der Waals surface area contributed by atoms with Crippen LogP contribution in [0.2, 0.25) is 0 Å². The molecule has 3 unspecified atom stereocenters. The van der Waals surface area contributed by atoms with Crippen LogP contribution in [0, 0.1) is 11.8 Å². The molecule has 0 saturated heterocycles. The second-order valence-corrected chi connectivity index (χ2v) is 4.44. The molecule has 90 valence electrons. The fourth-order valence-electron chi connectivity index (χ4n) is 1.97. The van der Waals surface area contributed by atoms with Gasteiger partial charge < -0.3 is 10.2 Å². The molecule has 0 saturated carbocycles. The summed E-state index contributed by atoms with van der Waals surface area (Å²) in [6.45, 7) is 7.85. The van der Waals surface area contributed by atoms with Gasteiger partial charge in [0.05, 0.1) is 0 Å². The third kappa shape index (κ3) is 3.49. The molecule has 0 aliphatic carbocycles. The average molecular weight is 216 g/mol. The van der Waals surface area contributed by atoms with E-state index in [-0.39, 0.29) is 12.3 Å². The summed E-state index contributed by atoms with van der Waals surface area (Å²) in [6.07, 6.45) is 2.79. The molecule has 0 aromatic carbocycles. The highest BCUT2D eigenvalue weighted by Gasteiger charge is 2.41. The molecule has 0 bridgehead atoms. The van der Waals surface area contributed by atoms with Crippen molar-refractivity contribution in [2.75, 3.05) is 0 Å². The molecule has 3 atom stereocenters. The average Bonchev–Trinajstić information content (AvgIpc) is 2.23. The smallest absolute Gasteiger partial charge is 0.335 e. The van der Waals surface area contributed by atoms with E-state index in [0.717, 1.165) is 12.8 Å². The molecular weight excluding hydrogens is 192 g/mol. The van der Waals surface area contributed by atoms with Gasteiger partial charge >= 0.3 is 5.97 Å².